The largest absolute Gasteiger partial charge is 0.480 e. The molecular weight excluding hydrogens is 659 g/mol. The fraction of sp³-hybridized carbons (Fsp3) is 0.946. The molecule has 0 saturated carbocycles. The lowest BCUT2D eigenvalue weighted by Crippen LogP contribution is -2.30. The Morgan fingerprint density at radius 3 is 1.40 bits per heavy atom. The van der Waals surface area contributed by atoms with Crippen molar-refractivity contribution in [3.63, 3.8) is 0 Å². The molecule has 0 aliphatic heterocycles. The normalized spacial score (nSPS) is 13.3. The van der Waals surface area contributed by atoms with Gasteiger partial charge in [0.15, 0.2) is 5.96 Å². The van der Waals surface area contributed by atoms with Gasteiger partial charge in [-0.25, -0.2) is 4.57 Å². The van der Waals surface area contributed by atoms with Gasteiger partial charge >= 0.3 is 13.8 Å². The van der Waals surface area contributed by atoms with Gasteiger partial charge in [0.05, 0.1) is 13.2 Å². The van der Waals surface area contributed by atoms with Crippen molar-refractivity contribution in [3.8, 4) is 0 Å². The molecule has 0 spiro atoms. The van der Waals surface area contributed by atoms with Crippen molar-refractivity contribution in [2.24, 2.45) is 28.1 Å². The Morgan fingerprint density at radius 2 is 1.04 bits per heavy atom. The number of aliphatic hydroxyl groups excluding tert-OH is 1. The highest BCUT2D eigenvalue weighted by molar-refractivity contribution is 7.46. The number of hydrogen-bond donors (Lipinski definition) is 7. The number of nitrogens with two attached hydrogens (primary N) is 3. The first-order chi connectivity index (χ1) is 23.9. The van der Waals surface area contributed by atoms with Crippen LogP contribution in [0.2, 0.25) is 0 Å². The molecule has 12 nitrogen and oxygen atoms in total. The number of guanidine groups is 1. The number of ether oxygens (including phenoxy) is 1. The van der Waals surface area contributed by atoms with Crippen molar-refractivity contribution in [1.29, 1.82) is 0 Å². The number of aliphatic imine (C=N–C) groups is 1. The van der Waals surface area contributed by atoms with E-state index in [1.54, 1.807) is 0 Å². The second kappa shape index (κ2) is 37.5. The van der Waals surface area contributed by atoms with Crippen molar-refractivity contribution < 1.29 is 38.6 Å². The van der Waals surface area contributed by atoms with E-state index in [-0.39, 0.29) is 12.6 Å². The van der Waals surface area contributed by atoms with Crippen LogP contribution in [0.15, 0.2) is 4.99 Å². The number of aliphatic hydroxyl groups is 1. The highest BCUT2D eigenvalue weighted by Gasteiger charge is 2.17. The molecular formula is C37H79N4O8P. The van der Waals surface area contributed by atoms with Crippen LogP contribution in [-0.2, 0) is 18.6 Å². The molecule has 13 heteroatoms. The summed E-state index contributed by atoms with van der Waals surface area (Å²) in [5.74, 6) is -0.499. The highest BCUT2D eigenvalue weighted by atomic mass is 31.2. The van der Waals surface area contributed by atoms with Gasteiger partial charge in [0.25, 0.3) is 0 Å². The maximum Gasteiger partial charge on any atom is 0.469 e. The fourth-order valence-electron chi connectivity index (χ4n) is 5.75. The number of phosphoric acid groups is 1. The van der Waals surface area contributed by atoms with Crippen molar-refractivity contribution in [3.05, 3.63) is 0 Å². The van der Waals surface area contributed by atoms with E-state index >= 15 is 0 Å². The molecule has 300 valence electrons. The number of carboxylic acid groups (broad SMARTS) is 1. The van der Waals surface area contributed by atoms with Gasteiger partial charge in [-0.3, -0.25) is 14.3 Å². The predicted octanol–water partition coefficient (Wildman–Crippen LogP) is 7.94. The van der Waals surface area contributed by atoms with Crippen LogP contribution in [0.3, 0.4) is 0 Å². The molecule has 0 aliphatic carbocycles. The van der Waals surface area contributed by atoms with Gasteiger partial charge in [-0.2, -0.15) is 0 Å². The van der Waals surface area contributed by atoms with Crippen LogP contribution in [-0.4, -0.2) is 70.4 Å². The summed E-state index contributed by atoms with van der Waals surface area (Å²) in [6.45, 7) is 5.19. The van der Waals surface area contributed by atoms with E-state index in [1.165, 1.54) is 141 Å². The molecule has 0 rings (SSSR count). The Kier molecular flexibility index (Phi) is 38.1. The predicted molar refractivity (Wildman–Crippen MR) is 206 cm³/mol. The van der Waals surface area contributed by atoms with E-state index < -0.39 is 32.5 Å². The molecule has 2 unspecified atom stereocenters. The third-order valence-corrected chi connectivity index (χ3v) is 9.30. The Balaban J connectivity index is 0. The SMILES string of the molecule is CCCCCCCCCCCCCCC(CCCCCCCCCCCC)COCC(O)COP(=O)(O)O.NC(N)=NCCC[C@H](N)C(=O)O. The van der Waals surface area contributed by atoms with Crippen LogP contribution >= 0.6 is 7.82 Å². The minimum Gasteiger partial charge on any atom is -0.480 e. The summed E-state index contributed by atoms with van der Waals surface area (Å²) in [6.07, 6.45) is 31.9. The van der Waals surface area contributed by atoms with Gasteiger partial charge in [0.1, 0.15) is 12.1 Å². The summed E-state index contributed by atoms with van der Waals surface area (Å²) in [5, 5.41) is 18.3. The molecule has 0 aromatic heterocycles. The Morgan fingerprint density at radius 1 is 0.640 bits per heavy atom. The Bertz CT molecular complexity index is 814. The van der Waals surface area contributed by atoms with E-state index in [4.69, 9.17) is 36.8 Å². The molecule has 0 aromatic rings. The molecule has 0 radical (unpaired) electrons. The third kappa shape index (κ3) is 42.9. The summed E-state index contributed by atoms with van der Waals surface area (Å²) in [4.78, 5) is 31.5. The standard InChI is InChI=1S/C31H65O6P.C6H14N4O2/c1-3-5-7-9-11-13-15-16-18-20-22-24-26-30(27-36-28-31(32)29-37-38(33,34)35)25-23-21-19-17-14-12-10-8-6-4-2;7-4(5(11)12)2-1-3-10-6(8)9/h30-32H,3-29H2,1-2H3,(H2,33,34,35);4H,1-3,7H2,(H,11,12)(H4,8,9,10)/t;4-/m.0/s1. The van der Waals surface area contributed by atoms with E-state index in [0.717, 1.165) is 12.8 Å². The molecule has 3 atom stereocenters. The van der Waals surface area contributed by atoms with Gasteiger partial charge in [-0.15, -0.1) is 0 Å². The van der Waals surface area contributed by atoms with Crippen molar-refractivity contribution >= 4 is 19.8 Å². The van der Waals surface area contributed by atoms with Gasteiger partial charge in [0, 0.05) is 13.2 Å². The van der Waals surface area contributed by atoms with Crippen LogP contribution in [0.4, 0.5) is 0 Å². The van der Waals surface area contributed by atoms with E-state index in [9.17, 15) is 14.5 Å². The van der Waals surface area contributed by atoms with Gasteiger partial charge in [-0.1, -0.05) is 155 Å². The van der Waals surface area contributed by atoms with Crippen LogP contribution in [0.1, 0.15) is 181 Å². The van der Waals surface area contributed by atoms with Crippen LogP contribution in [0.5, 0.6) is 0 Å². The van der Waals surface area contributed by atoms with Crippen LogP contribution in [0, 0.1) is 5.92 Å². The minimum absolute atomic E-state index is 0.0129. The van der Waals surface area contributed by atoms with Gasteiger partial charge < -0.3 is 41.9 Å². The number of phosphoric ester groups is 1. The number of rotatable bonds is 36. The smallest absolute Gasteiger partial charge is 0.469 e. The summed E-state index contributed by atoms with van der Waals surface area (Å²) in [7, 11) is -4.56. The number of carbonyl (C=O) groups is 1. The lowest BCUT2D eigenvalue weighted by Gasteiger charge is -2.19. The van der Waals surface area contributed by atoms with Crippen LogP contribution in [0.25, 0.3) is 0 Å². The van der Waals surface area contributed by atoms with Gasteiger partial charge in [0.2, 0.25) is 0 Å². The van der Waals surface area contributed by atoms with E-state index in [0.29, 0.717) is 31.9 Å². The lowest BCUT2D eigenvalue weighted by molar-refractivity contribution is -0.138. The topological polar surface area (TPSA) is 224 Å². The monoisotopic (exact) mass is 739 g/mol. The minimum atomic E-state index is -4.56. The van der Waals surface area contributed by atoms with Crippen molar-refractivity contribution in [1.82, 2.24) is 0 Å². The lowest BCUT2D eigenvalue weighted by atomic mass is 9.94. The summed E-state index contributed by atoms with van der Waals surface area (Å²) < 4.78 is 20.9. The zero-order valence-electron chi connectivity index (χ0n) is 32.0. The molecule has 0 aromatic carbocycles. The molecule has 10 N–H and O–H groups in total. The number of nitrogens with zero attached hydrogens (tertiary/aromatic N) is 1. The zero-order chi connectivity index (χ0) is 37.7. The highest BCUT2D eigenvalue weighted by Crippen LogP contribution is 2.35. The van der Waals surface area contributed by atoms with Gasteiger partial charge in [-0.05, 0) is 31.6 Å². The number of carboxylic acids is 1. The number of unbranched alkanes of at least 4 members (excludes halogenated alkanes) is 20. The van der Waals surface area contributed by atoms with Crippen molar-refractivity contribution in [2.45, 2.75) is 193 Å². The summed E-state index contributed by atoms with van der Waals surface area (Å²) in [5.41, 5.74) is 15.3. The molecule has 0 amide bonds. The second-order valence-electron chi connectivity index (χ2n) is 13.9. The van der Waals surface area contributed by atoms with E-state index in [1.807, 2.05) is 0 Å². The Hall–Kier alpha value is -1.27. The first-order valence-electron chi connectivity index (χ1n) is 19.9. The molecule has 0 fully saturated rings. The van der Waals surface area contributed by atoms with Crippen LogP contribution < -0.4 is 17.2 Å². The third-order valence-electron chi connectivity index (χ3n) is 8.82. The maximum absolute atomic E-state index is 10.8. The second-order valence-corrected chi connectivity index (χ2v) is 15.1. The number of aliphatic carboxylic acids is 1. The molecule has 0 saturated heterocycles. The fourth-order valence-corrected chi connectivity index (χ4v) is 6.12. The molecule has 0 aliphatic rings. The first-order valence-corrected chi connectivity index (χ1v) is 21.5. The number of hydrogen-bond acceptors (Lipinski definition) is 7. The van der Waals surface area contributed by atoms with E-state index in [2.05, 4.69) is 23.4 Å². The summed E-state index contributed by atoms with van der Waals surface area (Å²) >= 11 is 0. The quantitative estimate of drug-likeness (QED) is 0.0141. The molecule has 0 heterocycles. The van der Waals surface area contributed by atoms with Crippen molar-refractivity contribution in [2.75, 3.05) is 26.4 Å². The maximum atomic E-state index is 10.8. The molecule has 0 bridgehead atoms. The average molecular weight is 739 g/mol. The summed E-state index contributed by atoms with van der Waals surface area (Å²) in [6, 6.07) is -0.820. The zero-order valence-corrected chi connectivity index (χ0v) is 32.9. The Labute approximate surface area is 305 Å². The first kappa shape index (κ1) is 50.8. The molecule has 50 heavy (non-hydrogen) atoms. The average Bonchev–Trinajstić information content (AvgIpc) is 3.06.